The van der Waals surface area contributed by atoms with Crippen LogP contribution in [0.5, 0.6) is 0 Å². The second-order valence-corrected chi connectivity index (χ2v) is 2.70. The highest BCUT2D eigenvalue weighted by Gasteiger charge is 2.16. The average Bonchev–Trinajstić information content (AvgIpc) is 2.47. The van der Waals surface area contributed by atoms with Crippen LogP contribution in [-0.2, 0) is 6.42 Å². The van der Waals surface area contributed by atoms with Crippen LogP contribution < -0.4 is 0 Å². The maximum atomic E-state index is 8.60. The van der Waals surface area contributed by atoms with Gasteiger partial charge in [0.25, 0.3) is 0 Å². The highest BCUT2D eigenvalue weighted by Crippen LogP contribution is 2.21. The van der Waals surface area contributed by atoms with Gasteiger partial charge >= 0.3 is 1.43 Å². The van der Waals surface area contributed by atoms with Gasteiger partial charge in [-0.25, -0.2) is 0 Å². The zero-order valence-electron chi connectivity index (χ0n) is 7.12. The molecule has 0 fully saturated rings. The number of nitrogens with zero attached hydrogens (tertiary/aromatic N) is 1. The van der Waals surface area contributed by atoms with Crippen LogP contribution in [0.15, 0.2) is 29.4 Å². The SMILES string of the molecule is ON=C1CCc2ccccc21.[H+]. The molecule has 1 aromatic carbocycles. The lowest BCUT2D eigenvalue weighted by Crippen LogP contribution is -1.92. The molecule has 1 aliphatic carbocycles. The molecule has 0 saturated heterocycles. The molecule has 1 N–H and O–H groups in total. The third-order valence-electron chi connectivity index (χ3n) is 2.08. The third kappa shape index (κ3) is 0.909. The van der Waals surface area contributed by atoms with E-state index in [1.807, 2.05) is 18.2 Å². The van der Waals surface area contributed by atoms with E-state index in [2.05, 4.69) is 11.2 Å². The number of benzene rings is 1. The Hall–Kier alpha value is -1.31. The van der Waals surface area contributed by atoms with Gasteiger partial charge in [0.2, 0.25) is 0 Å². The quantitative estimate of drug-likeness (QED) is 0.442. The molecule has 1 aliphatic rings. The van der Waals surface area contributed by atoms with E-state index in [1.54, 1.807) is 0 Å². The van der Waals surface area contributed by atoms with E-state index >= 15 is 0 Å². The molecule has 0 aliphatic heterocycles. The summed E-state index contributed by atoms with van der Waals surface area (Å²) in [5, 5.41) is 11.8. The molecule has 1 aromatic rings. The lowest BCUT2D eigenvalue weighted by Gasteiger charge is -1.94. The molecule has 0 amide bonds. The minimum Gasteiger partial charge on any atom is -0.411 e. The molecule has 56 valence electrons. The lowest BCUT2D eigenvalue weighted by atomic mass is 10.1. The Labute approximate surface area is 66.6 Å². The van der Waals surface area contributed by atoms with Crippen molar-refractivity contribution in [2.75, 3.05) is 0 Å². The van der Waals surface area contributed by atoms with Crippen molar-refractivity contribution in [2.24, 2.45) is 5.16 Å². The summed E-state index contributed by atoms with van der Waals surface area (Å²) in [4.78, 5) is 0. The minimum absolute atomic E-state index is 0. The fraction of sp³-hybridized carbons (Fsp3) is 0.222. The van der Waals surface area contributed by atoms with Crippen molar-refractivity contribution >= 4 is 5.71 Å². The lowest BCUT2D eigenvalue weighted by molar-refractivity contribution is 0.318. The number of fused-ring (bicyclic) bond motifs is 1. The monoisotopic (exact) mass is 148 g/mol. The summed E-state index contributed by atoms with van der Waals surface area (Å²) < 4.78 is 0. The van der Waals surface area contributed by atoms with Crippen molar-refractivity contribution in [2.45, 2.75) is 12.8 Å². The first-order chi connectivity index (χ1) is 5.42. The van der Waals surface area contributed by atoms with Gasteiger partial charge in [0.15, 0.2) is 0 Å². The molecule has 2 nitrogen and oxygen atoms in total. The van der Waals surface area contributed by atoms with Gasteiger partial charge in [0, 0.05) is 5.56 Å². The van der Waals surface area contributed by atoms with Gasteiger partial charge < -0.3 is 5.21 Å². The van der Waals surface area contributed by atoms with Crippen LogP contribution in [-0.4, -0.2) is 10.9 Å². The molecule has 0 aromatic heterocycles. The van der Waals surface area contributed by atoms with Crippen LogP contribution in [0.25, 0.3) is 0 Å². The van der Waals surface area contributed by atoms with Crippen LogP contribution >= 0.6 is 0 Å². The summed E-state index contributed by atoms with van der Waals surface area (Å²) in [5.74, 6) is 0. The van der Waals surface area contributed by atoms with Gasteiger partial charge in [-0.1, -0.05) is 29.4 Å². The van der Waals surface area contributed by atoms with Crippen molar-refractivity contribution in [3.63, 3.8) is 0 Å². The molecular formula is C9H10NO+. The second-order valence-electron chi connectivity index (χ2n) is 2.70. The number of aryl methyl sites for hydroxylation is 1. The Bertz CT molecular complexity index is 309. The summed E-state index contributed by atoms with van der Waals surface area (Å²) in [7, 11) is 0. The Balaban J connectivity index is 0.000000720. The predicted octanol–water partition coefficient (Wildman–Crippen LogP) is 1.92. The first-order valence-corrected chi connectivity index (χ1v) is 3.71. The van der Waals surface area contributed by atoms with Gasteiger partial charge in [-0.3, -0.25) is 0 Å². The number of hydrogen-bond donors (Lipinski definition) is 1. The summed E-state index contributed by atoms with van der Waals surface area (Å²) >= 11 is 0. The molecule has 0 radical (unpaired) electrons. The van der Waals surface area contributed by atoms with Gasteiger partial charge in [0.1, 0.15) is 0 Å². The normalized spacial score (nSPS) is 18.7. The second kappa shape index (κ2) is 2.38. The Morgan fingerprint density at radius 3 is 2.91 bits per heavy atom. The molecule has 0 unspecified atom stereocenters. The van der Waals surface area contributed by atoms with E-state index in [0.717, 1.165) is 24.1 Å². The molecule has 2 heteroatoms. The Kier molecular flexibility index (Phi) is 1.39. The van der Waals surface area contributed by atoms with Crippen LogP contribution in [0.2, 0.25) is 0 Å². The third-order valence-corrected chi connectivity index (χ3v) is 2.08. The van der Waals surface area contributed by atoms with Gasteiger partial charge in [-0.15, -0.1) is 0 Å². The minimum atomic E-state index is 0. The predicted molar refractivity (Wildman–Crippen MR) is 44.2 cm³/mol. The highest BCUT2D eigenvalue weighted by atomic mass is 16.4. The van der Waals surface area contributed by atoms with Crippen molar-refractivity contribution in [1.82, 2.24) is 0 Å². The van der Waals surface area contributed by atoms with E-state index < -0.39 is 0 Å². The van der Waals surface area contributed by atoms with E-state index in [0.29, 0.717) is 0 Å². The van der Waals surface area contributed by atoms with Gasteiger partial charge in [-0.2, -0.15) is 0 Å². The van der Waals surface area contributed by atoms with E-state index in [1.165, 1.54) is 5.56 Å². The van der Waals surface area contributed by atoms with Crippen molar-refractivity contribution < 1.29 is 6.63 Å². The fourth-order valence-corrected chi connectivity index (χ4v) is 1.51. The fourth-order valence-electron chi connectivity index (χ4n) is 1.51. The number of hydrogen-bond acceptors (Lipinski definition) is 2. The molecule has 0 atom stereocenters. The Morgan fingerprint density at radius 1 is 1.27 bits per heavy atom. The Morgan fingerprint density at radius 2 is 2.09 bits per heavy atom. The standard InChI is InChI=1S/C9H9NO/c11-10-9-6-5-7-3-1-2-4-8(7)9/h1-4,11H,5-6H2/p+1. The number of oxime groups is 1. The van der Waals surface area contributed by atoms with E-state index in [9.17, 15) is 0 Å². The molecule has 2 rings (SSSR count). The summed E-state index contributed by atoms with van der Waals surface area (Å²) in [5.41, 5.74) is 3.22. The van der Waals surface area contributed by atoms with E-state index in [4.69, 9.17) is 5.21 Å². The largest absolute Gasteiger partial charge is 1.00 e. The van der Waals surface area contributed by atoms with Crippen molar-refractivity contribution in [1.29, 1.82) is 0 Å². The highest BCUT2D eigenvalue weighted by molar-refractivity contribution is 6.04. The molecule has 0 heterocycles. The average molecular weight is 148 g/mol. The molecule has 0 saturated carbocycles. The first-order valence-electron chi connectivity index (χ1n) is 3.71. The zero-order chi connectivity index (χ0) is 7.68. The van der Waals surface area contributed by atoms with Gasteiger partial charge in [-0.05, 0) is 18.4 Å². The van der Waals surface area contributed by atoms with E-state index in [-0.39, 0.29) is 1.43 Å². The van der Waals surface area contributed by atoms with Crippen LogP contribution in [0.1, 0.15) is 19.0 Å². The van der Waals surface area contributed by atoms with Crippen LogP contribution in [0.4, 0.5) is 0 Å². The number of rotatable bonds is 0. The molecule has 11 heavy (non-hydrogen) atoms. The topological polar surface area (TPSA) is 32.6 Å². The van der Waals surface area contributed by atoms with Crippen LogP contribution in [0.3, 0.4) is 0 Å². The zero-order valence-corrected chi connectivity index (χ0v) is 6.12. The van der Waals surface area contributed by atoms with Gasteiger partial charge in [0.05, 0.1) is 5.71 Å². The smallest absolute Gasteiger partial charge is 0.411 e. The first kappa shape index (κ1) is 6.40. The summed E-state index contributed by atoms with van der Waals surface area (Å²) in [6.07, 6.45) is 1.88. The summed E-state index contributed by atoms with van der Waals surface area (Å²) in [6, 6.07) is 8.05. The summed E-state index contributed by atoms with van der Waals surface area (Å²) in [6.45, 7) is 0. The van der Waals surface area contributed by atoms with Crippen LogP contribution in [0, 0.1) is 0 Å². The molecule has 0 bridgehead atoms. The maximum absolute atomic E-state index is 8.60. The van der Waals surface area contributed by atoms with Crippen molar-refractivity contribution in [3.8, 4) is 0 Å². The molecular weight excluding hydrogens is 138 g/mol. The molecule has 0 spiro atoms. The maximum Gasteiger partial charge on any atom is 1.00 e. The van der Waals surface area contributed by atoms with Crippen molar-refractivity contribution in [3.05, 3.63) is 35.4 Å².